The molecule has 0 spiro atoms. The molecule has 4 heterocycles. The highest BCUT2D eigenvalue weighted by Gasteiger charge is 2.69. The maximum absolute atomic E-state index is 4.61. The van der Waals surface area contributed by atoms with Gasteiger partial charge in [0.2, 0.25) is 0 Å². The van der Waals surface area contributed by atoms with E-state index in [4.69, 9.17) is 0 Å². The second-order valence-corrected chi connectivity index (χ2v) is 22.0. The van der Waals surface area contributed by atoms with E-state index in [0.29, 0.717) is 0 Å². The molecule has 4 aliphatic rings. The summed E-state index contributed by atoms with van der Waals surface area (Å²) in [7, 11) is 0. The van der Waals surface area contributed by atoms with Gasteiger partial charge in [-0.1, -0.05) is 191 Å². The van der Waals surface area contributed by atoms with E-state index in [1.807, 2.05) is 116 Å². The standard InChI is InChI=1S/C66H52N12/c1-5-13-47(14-6-1)59-37-75(71-67-59)55-29-21-51(22-30-55)63-41-64(52-23-31-56(32-24-52)76-38-60(68-72-76)48-15-7-2-8-16-48)44-65(42-63,53-25-33-57(34-26-53)77-39-61(69-73-77)49-17-9-3-10-18-49)46-66(43-63,45-64)54-27-35-58(36-28-54)78-40-62(70-74-78)50-19-11-4-12-20-50/h1-40H,41-46H2. The minimum Gasteiger partial charge on any atom is -0.220 e. The maximum atomic E-state index is 4.61. The zero-order valence-electron chi connectivity index (χ0n) is 42.7. The highest BCUT2D eigenvalue weighted by molar-refractivity contribution is 5.62. The van der Waals surface area contributed by atoms with Crippen LogP contribution in [0.25, 0.3) is 67.8 Å². The van der Waals surface area contributed by atoms with Gasteiger partial charge >= 0.3 is 0 Å². The summed E-state index contributed by atoms with van der Waals surface area (Å²) in [5.74, 6) is 0. The molecule has 4 saturated carbocycles. The van der Waals surface area contributed by atoms with Crippen molar-refractivity contribution in [3.8, 4) is 67.8 Å². The Bertz CT molecular complexity index is 3500. The Hall–Kier alpha value is -9.68. The lowest BCUT2D eigenvalue weighted by atomic mass is 9.32. The molecule has 4 aromatic heterocycles. The fourth-order valence-corrected chi connectivity index (χ4v) is 14.3. The summed E-state index contributed by atoms with van der Waals surface area (Å²) >= 11 is 0. The second kappa shape index (κ2) is 18.0. The fourth-order valence-electron chi connectivity index (χ4n) is 14.3. The average Bonchev–Trinajstić information content (AvgIpc) is 2.00. The molecule has 376 valence electrons. The van der Waals surface area contributed by atoms with E-state index >= 15 is 0 Å². The van der Waals surface area contributed by atoms with E-state index in [1.165, 1.54) is 22.3 Å². The fraction of sp³-hybridized carbons (Fsp3) is 0.152. The topological polar surface area (TPSA) is 123 Å². The quantitative estimate of drug-likeness (QED) is 0.119. The lowest BCUT2D eigenvalue weighted by Gasteiger charge is -2.71. The first-order chi connectivity index (χ1) is 38.4. The first-order valence-corrected chi connectivity index (χ1v) is 26.7. The molecular formula is C66H52N12. The zero-order valence-corrected chi connectivity index (χ0v) is 42.7. The van der Waals surface area contributed by atoms with Crippen LogP contribution in [0.2, 0.25) is 0 Å². The summed E-state index contributed by atoms with van der Waals surface area (Å²) in [6, 6.07) is 78.0. The SMILES string of the molecule is c1ccc(-c2cn(-c3ccc(C45CC6(c7ccc(-n8cc(-c9ccccc9)nn8)cc7)CC(c7ccc(-n8cc(-c9ccccc9)nn8)cc7)(C4)CC(c4ccc(-n7cc(-c8ccccc8)nn7)cc4)(C5)C6)cc3)nn2)cc1. The Labute approximate surface area is 451 Å². The van der Waals surface area contributed by atoms with Gasteiger partial charge in [-0.25, -0.2) is 18.7 Å². The van der Waals surface area contributed by atoms with Crippen molar-refractivity contribution in [1.82, 2.24) is 60.0 Å². The summed E-state index contributed by atoms with van der Waals surface area (Å²) in [6.45, 7) is 0. The van der Waals surface area contributed by atoms with Crippen LogP contribution in [0.3, 0.4) is 0 Å². The lowest BCUT2D eigenvalue weighted by molar-refractivity contribution is -0.0691. The van der Waals surface area contributed by atoms with E-state index in [-0.39, 0.29) is 21.7 Å². The third-order valence-electron chi connectivity index (χ3n) is 17.3. The zero-order chi connectivity index (χ0) is 51.7. The van der Waals surface area contributed by atoms with E-state index < -0.39 is 0 Å². The third kappa shape index (κ3) is 7.81. The number of hydrogen-bond acceptors (Lipinski definition) is 8. The van der Waals surface area contributed by atoms with Crippen LogP contribution in [0.15, 0.2) is 243 Å². The molecule has 0 saturated heterocycles. The van der Waals surface area contributed by atoms with Crippen molar-refractivity contribution >= 4 is 0 Å². The Morgan fingerprint density at radius 1 is 0.231 bits per heavy atom. The van der Waals surface area contributed by atoms with E-state index in [0.717, 1.165) is 106 Å². The molecule has 4 aliphatic carbocycles. The molecule has 12 heteroatoms. The minimum atomic E-state index is -0.190. The van der Waals surface area contributed by atoms with Crippen molar-refractivity contribution < 1.29 is 0 Å². The van der Waals surface area contributed by atoms with Gasteiger partial charge in [0.1, 0.15) is 22.8 Å². The van der Waals surface area contributed by atoms with Crippen LogP contribution in [0.5, 0.6) is 0 Å². The van der Waals surface area contributed by atoms with Crippen LogP contribution in [-0.4, -0.2) is 60.0 Å². The number of nitrogens with zero attached hydrogens (tertiary/aromatic N) is 12. The summed E-state index contributed by atoms with van der Waals surface area (Å²) in [4.78, 5) is 0. The number of hydrogen-bond donors (Lipinski definition) is 0. The largest absolute Gasteiger partial charge is 0.220 e. The molecule has 12 nitrogen and oxygen atoms in total. The highest BCUT2D eigenvalue weighted by Crippen LogP contribution is 2.75. The van der Waals surface area contributed by atoms with Gasteiger partial charge in [-0.3, -0.25) is 0 Å². The molecule has 0 amide bonds. The van der Waals surface area contributed by atoms with Gasteiger partial charge in [0.05, 0.1) is 47.5 Å². The smallest absolute Gasteiger partial charge is 0.113 e. The molecule has 0 radical (unpaired) electrons. The van der Waals surface area contributed by atoms with E-state index in [1.54, 1.807) is 0 Å². The Morgan fingerprint density at radius 2 is 0.423 bits per heavy atom. The van der Waals surface area contributed by atoms with Gasteiger partial charge < -0.3 is 0 Å². The molecule has 0 N–H and O–H groups in total. The van der Waals surface area contributed by atoms with Crippen molar-refractivity contribution in [2.24, 2.45) is 0 Å². The first-order valence-electron chi connectivity index (χ1n) is 26.7. The first kappa shape index (κ1) is 45.7. The van der Waals surface area contributed by atoms with Crippen molar-refractivity contribution in [1.29, 1.82) is 0 Å². The van der Waals surface area contributed by atoms with Gasteiger partial charge in [-0.2, -0.15) is 0 Å². The molecule has 4 bridgehead atoms. The van der Waals surface area contributed by atoms with Crippen LogP contribution in [0.4, 0.5) is 0 Å². The third-order valence-corrected chi connectivity index (χ3v) is 17.3. The van der Waals surface area contributed by atoms with Gasteiger partial charge in [0.25, 0.3) is 0 Å². The number of aromatic nitrogens is 12. The van der Waals surface area contributed by atoms with Crippen LogP contribution >= 0.6 is 0 Å². The van der Waals surface area contributed by atoms with Crippen molar-refractivity contribution in [2.75, 3.05) is 0 Å². The molecule has 0 unspecified atom stereocenters. The average molecular weight is 1010 g/mol. The lowest BCUT2D eigenvalue weighted by Crippen LogP contribution is -2.67. The van der Waals surface area contributed by atoms with Crippen molar-refractivity contribution in [3.05, 3.63) is 265 Å². The predicted octanol–water partition coefficient (Wildman–Crippen LogP) is 13.1. The second-order valence-electron chi connectivity index (χ2n) is 22.0. The molecule has 0 aliphatic heterocycles. The van der Waals surface area contributed by atoms with Crippen LogP contribution in [0, 0.1) is 0 Å². The summed E-state index contributed by atoms with van der Waals surface area (Å²) < 4.78 is 7.59. The predicted molar refractivity (Wildman–Crippen MR) is 302 cm³/mol. The molecule has 0 atom stereocenters. The van der Waals surface area contributed by atoms with Gasteiger partial charge in [-0.15, -0.1) is 20.4 Å². The summed E-state index contributed by atoms with van der Waals surface area (Å²) in [5.41, 5.74) is 16.1. The van der Waals surface area contributed by atoms with Gasteiger partial charge in [-0.05, 0) is 131 Å². The Balaban J connectivity index is 0.856. The van der Waals surface area contributed by atoms with Crippen molar-refractivity contribution in [3.63, 3.8) is 0 Å². The Morgan fingerprint density at radius 3 is 0.615 bits per heavy atom. The minimum absolute atomic E-state index is 0.190. The Kier molecular flexibility index (Phi) is 10.5. The van der Waals surface area contributed by atoms with Crippen LogP contribution < -0.4 is 0 Å². The summed E-state index contributed by atoms with van der Waals surface area (Å²) in [5, 5.41) is 36.7. The molecule has 16 rings (SSSR count). The normalized spacial score (nSPS) is 21.2. The van der Waals surface area contributed by atoms with Crippen LogP contribution in [0.1, 0.15) is 60.8 Å². The van der Waals surface area contributed by atoms with Crippen molar-refractivity contribution in [2.45, 2.75) is 60.2 Å². The van der Waals surface area contributed by atoms with Gasteiger partial charge in [0, 0.05) is 22.3 Å². The molecule has 78 heavy (non-hydrogen) atoms. The molecule has 4 fully saturated rings. The molecule has 8 aromatic carbocycles. The van der Waals surface area contributed by atoms with E-state index in [2.05, 4.69) is 187 Å². The molecule has 12 aromatic rings. The van der Waals surface area contributed by atoms with E-state index in [9.17, 15) is 0 Å². The summed E-state index contributed by atoms with van der Waals surface area (Å²) in [6.07, 6.45) is 14.2. The van der Waals surface area contributed by atoms with Gasteiger partial charge in [0.15, 0.2) is 0 Å². The number of rotatable bonds is 12. The monoisotopic (exact) mass is 1010 g/mol. The molecular weight excluding hydrogens is 961 g/mol. The van der Waals surface area contributed by atoms with Crippen LogP contribution in [-0.2, 0) is 21.7 Å². The number of benzene rings is 8. The highest BCUT2D eigenvalue weighted by atomic mass is 15.4. The maximum Gasteiger partial charge on any atom is 0.113 e.